The zero-order chi connectivity index (χ0) is 12.8. The molecule has 1 aromatic carbocycles. The van der Waals surface area contributed by atoms with Crippen LogP contribution in [0.15, 0.2) is 23.1 Å². The first-order chi connectivity index (χ1) is 7.99. The Morgan fingerprint density at radius 2 is 2.00 bits per heavy atom. The van der Waals surface area contributed by atoms with Gasteiger partial charge >= 0.3 is 0 Å². The van der Waals surface area contributed by atoms with E-state index in [4.69, 9.17) is 4.74 Å². The molecule has 5 heteroatoms. The second kappa shape index (κ2) is 6.93. The van der Waals surface area contributed by atoms with Crippen molar-refractivity contribution in [3.8, 4) is 0 Å². The Kier molecular flexibility index (Phi) is 5.88. The first-order valence-corrected chi connectivity index (χ1v) is 6.35. The first kappa shape index (κ1) is 14.4. The highest BCUT2D eigenvalue weighted by atomic mass is 32.2. The number of rotatable bonds is 6. The summed E-state index contributed by atoms with van der Waals surface area (Å²) in [5.74, 6) is -1.35. The molecule has 0 saturated carbocycles. The quantitative estimate of drug-likeness (QED) is 0.799. The molecule has 17 heavy (non-hydrogen) atoms. The summed E-state index contributed by atoms with van der Waals surface area (Å²) in [6.07, 6.45) is -0.548. The van der Waals surface area contributed by atoms with Gasteiger partial charge in [-0.05, 0) is 32.0 Å². The van der Waals surface area contributed by atoms with Gasteiger partial charge in [0.1, 0.15) is 0 Å². The van der Waals surface area contributed by atoms with Crippen molar-refractivity contribution in [1.29, 1.82) is 0 Å². The van der Waals surface area contributed by atoms with Crippen LogP contribution < -0.4 is 0 Å². The van der Waals surface area contributed by atoms with Crippen molar-refractivity contribution in [2.24, 2.45) is 0 Å². The Morgan fingerprint density at radius 3 is 2.59 bits per heavy atom. The number of thioether (sulfide) groups is 1. The number of ether oxygens (including phenoxy) is 1. The van der Waals surface area contributed by atoms with E-state index in [0.29, 0.717) is 10.6 Å². The molecule has 0 saturated heterocycles. The number of halogens is 2. The monoisotopic (exact) mass is 262 g/mol. The predicted molar refractivity (Wildman–Crippen MR) is 64.2 cm³/mol. The van der Waals surface area contributed by atoms with Crippen molar-refractivity contribution in [3.63, 3.8) is 0 Å². The van der Waals surface area contributed by atoms with Crippen LogP contribution in [-0.4, -0.2) is 29.7 Å². The Hall–Kier alpha value is -0.650. The Morgan fingerprint density at radius 1 is 1.29 bits per heavy atom. The minimum atomic E-state index is -0.872. The third-order valence-corrected chi connectivity index (χ3v) is 3.09. The smallest absolute Gasteiger partial charge is 0.159 e. The molecule has 0 aliphatic carbocycles. The second-order valence-corrected chi connectivity index (χ2v) is 5.02. The molecule has 0 spiro atoms. The fourth-order valence-electron chi connectivity index (χ4n) is 1.11. The largest absolute Gasteiger partial charge is 0.390 e. The zero-order valence-corrected chi connectivity index (χ0v) is 10.6. The maximum Gasteiger partial charge on any atom is 0.159 e. The Labute approximate surface area is 104 Å². The molecular weight excluding hydrogens is 246 g/mol. The van der Waals surface area contributed by atoms with E-state index in [-0.39, 0.29) is 12.7 Å². The van der Waals surface area contributed by atoms with Gasteiger partial charge in [-0.2, -0.15) is 0 Å². The molecule has 0 amide bonds. The maximum absolute atomic E-state index is 12.9. The van der Waals surface area contributed by atoms with Crippen LogP contribution in [0.4, 0.5) is 8.78 Å². The fraction of sp³-hybridized carbons (Fsp3) is 0.500. The SMILES string of the molecule is CC(C)OCC(O)CSc1ccc(F)c(F)c1. The number of hydrogen-bond acceptors (Lipinski definition) is 3. The van der Waals surface area contributed by atoms with Crippen molar-refractivity contribution in [1.82, 2.24) is 0 Å². The summed E-state index contributed by atoms with van der Waals surface area (Å²) in [5, 5.41) is 9.57. The molecule has 1 rings (SSSR count). The van der Waals surface area contributed by atoms with Gasteiger partial charge in [-0.1, -0.05) is 0 Å². The second-order valence-electron chi connectivity index (χ2n) is 3.92. The average molecular weight is 262 g/mol. The van der Waals surface area contributed by atoms with Crippen molar-refractivity contribution in [2.45, 2.75) is 31.0 Å². The summed E-state index contributed by atoms with van der Waals surface area (Å²) in [6, 6.07) is 3.68. The highest BCUT2D eigenvalue weighted by Gasteiger charge is 2.08. The Balaban J connectivity index is 2.36. The van der Waals surface area contributed by atoms with E-state index in [1.807, 2.05) is 13.8 Å². The zero-order valence-electron chi connectivity index (χ0n) is 9.82. The van der Waals surface area contributed by atoms with Crippen LogP contribution in [0.25, 0.3) is 0 Å². The van der Waals surface area contributed by atoms with Gasteiger partial charge in [0.25, 0.3) is 0 Å². The van der Waals surface area contributed by atoms with Gasteiger partial charge in [-0.25, -0.2) is 8.78 Å². The van der Waals surface area contributed by atoms with Crippen molar-refractivity contribution >= 4 is 11.8 Å². The molecule has 0 fully saturated rings. The standard InChI is InChI=1S/C12H16F2O2S/c1-8(2)16-6-9(15)7-17-10-3-4-11(13)12(14)5-10/h3-5,8-9,15H,6-7H2,1-2H3. The first-order valence-electron chi connectivity index (χ1n) is 5.36. The van der Waals surface area contributed by atoms with Crippen LogP contribution in [-0.2, 0) is 4.74 Å². The van der Waals surface area contributed by atoms with Gasteiger partial charge in [-0.15, -0.1) is 11.8 Å². The molecule has 0 aliphatic rings. The topological polar surface area (TPSA) is 29.5 Å². The van der Waals surface area contributed by atoms with E-state index in [1.165, 1.54) is 17.8 Å². The average Bonchev–Trinajstić information content (AvgIpc) is 2.28. The van der Waals surface area contributed by atoms with Gasteiger partial charge in [-0.3, -0.25) is 0 Å². The number of hydrogen-bond donors (Lipinski definition) is 1. The maximum atomic E-state index is 12.9. The van der Waals surface area contributed by atoms with Gasteiger partial charge < -0.3 is 9.84 Å². The molecule has 0 aliphatic heterocycles. The molecule has 1 unspecified atom stereocenters. The molecular formula is C12H16F2O2S. The number of aliphatic hydroxyl groups excluding tert-OH is 1. The Bertz CT molecular complexity index is 358. The van der Waals surface area contributed by atoms with Gasteiger partial charge in [0, 0.05) is 10.6 Å². The van der Waals surface area contributed by atoms with Crippen LogP contribution in [0.2, 0.25) is 0 Å². The van der Waals surface area contributed by atoms with Gasteiger partial charge in [0.15, 0.2) is 11.6 Å². The molecule has 1 N–H and O–H groups in total. The summed E-state index contributed by atoms with van der Waals surface area (Å²) < 4.78 is 30.8. The molecule has 1 atom stereocenters. The molecule has 0 aromatic heterocycles. The van der Waals surface area contributed by atoms with E-state index >= 15 is 0 Å². The summed E-state index contributed by atoms with van der Waals surface area (Å²) in [7, 11) is 0. The highest BCUT2D eigenvalue weighted by molar-refractivity contribution is 7.99. The van der Waals surface area contributed by atoms with Crippen LogP contribution in [0.5, 0.6) is 0 Å². The molecule has 0 heterocycles. The van der Waals surface area contributed by atoms with E-state index in [9.17, 15) is 13.9 Å². The third-order valence-electron chi connectivity index (χ3n) is 1.96. The van der Waals surface area contributed by atoms with Crippen LogP contribution in [0, 0.1) is 11.6 Å². The highest BCUT2D eigenvalue weighted by Crippen LogP contribution is 2.21. The van der Waals surface area contributed by atoms with E-state index in [2.05, 4.69) is 0 Å². The van der Waals surface area contributed by atoms with Crippen LogP contribution in [0.3, 0.4) is 0 Å². The van der Waals surface area contributed by atoms with Gasteiger partial charge in [0.05, 0.1) is 18.8 Å². The lowest BCUT2D eigenvalue weighted by Crippen LogP contribution is -2.20. The van der Waals surface area contributed by atoms with Crippen molar-refractivity contribution in [2.75, 3.05) is 12.4 Å². The third kappa shape index (κ3) is 5.48. The minimum absolute atomic E-state index is 0.0675. The minimum Gasteiger partial charge on any atom is -0.390 e. The molecule has 0 radical (unpaired) electrons. The summed E-state index contributed by atoms with van der Waals surface area (Å²) in [6.45, 7) is 4.01. The lowest BCUT2D eigenvalue weighted by atomic mass is 10.3. The van der Waals surface area contributed by atoms with E-state index in [0.717, 1.165) is 12.1 Å². The molecule has 2 nitrogen and oxygen atoms in total. The van der Waals surface area contributed by atoms with Crippen molar-refractivity contribution < 1.29 is 18.6 Å². The van der Waals surface area contributed by atoms with Crippen molar-refractivity contribution in [3.05, 3.63) is 29.8 Å². The number of benzene rings is 1. The van der Waals surface area contributed by atoms with Crippen LogP contribution >= 0.6 is 11.8 Å². The lowest BCUT2D eigenvalue weighted by Gasteiger charge is -2.13. The summed E-state index contributed by atoms with van der Waals surface area (Å²) in [4.78, 5) is 0.590. The lowest BCUT2D eigenvalue weighted by molar-refractivity contribution is 0.0152. The molecule has 96 valence electrons. The van der Waals surface area contributed by atoms with E-state index in [1.54, 1.807) is 0 Å². The van der Waals surface area contributed by atoms with Crippen LogP contribution in [0.1, 0.15) is 13.8 Å². The fourth-order valence-corrected chi connectivity index (χ4v) is 1.94. The summed E-state index contributed by atoms with van der Waals surface area (Å²) >= 11 is 1.27. The molecule has 1 aromatic rings. The normalized spacial score (nSPS) is 13.1. The summed E-state index contributed by atoms with van der Waals surface area (Å²) in [5.41, 5.74) is 0. The van der Waals surface area contributed by atoms with E-state index < -0.39 is 17.7 Å². The predicted octanol–water partition coefficient (Wildman–Crippen LogP) is 2.84. The number of aliphatic hydroxyl groups is 1. The molecule has 0 bridgehead atoms. The van der Waals surface area contributed by atoms with Gasteiger partial charge in [0.2, 0.25) is 0 Å².